The van der Waals surface area contributed by atoms with Crippen LogP contribution in [0.4, 0.5) is 0 Å². The second-order valence-corrected chi connectivity index (χ2v) is 6.10. The van der Waals surface area contributed by atoms with Crippen molar-refractivity contribution in [2.45, 2.75) is 19.8 Å². The van der Waals surface area contributed by atoms with Gasteiger partial charge in [-0.15, -0.1) is 0 Å². The van der Waals surface area contributed by atoms with E-state index in [-0.39, 0.29) is 0 Å². The molecule has 3 aromatic rings. The highest BCUT2D eigenvalue weighted by atomic mass is 16.2. The number of rotatable bonds is 3. The van der Waals surface area contributed by atoms with Crippen LogP contribution in [-0.2, 0) is 12.8 Å². The number of imidazole rings is 1. The molecule has 1 aliphatic carbocycles. The summed E-state index contributed by atoms with van der Waals surface area (Å²) in [5.41, 5.74) is 4.53. The van der Waals surface area contributed by atoms with Crippen molar-refractivity contribution in [1.82, 2.24) is 9.97 Å². The third kappa shape index (κ3) is 2.36. The highest BCUT2D eigenvalue weighted by Gasteiger charge is 2.33. The van der Waals surface area contributed by atoms with Crippen LogP contribution in [0.3, 0.4) is 0 Å². The number of carbonyl (C=O) groups excluding carboxylic acids is 2. The largest absolute Gasteiger partial charge is 0.339 e. The maximum atomic E-state index is 12.3. The Balaban J connectivity index is 1.65. The maximum Gasteiger partial charge on any atom is 0.251 e. The van der Waals surface area contributed by atoms with Gasteiger partial charge in [0, 0.05) is 17.5 Å². The smallest absolute Gasteiger partial charge is 0.251 e. The normalized spacial score (nSPS) is 12.9. The van der Waals surface area contributed by atoms with Crippen molar-refractivity contribution in [3.63, 3.8) is 0 Å². The lowest BCUT2D eigenvalue weighted by molar-refractivity contribution is 0.0812. The molecule has 4 rings (SSSR count). The van der Waals surface area contributed by atoms with Crippen molar-refractivity contribution in [3.05, 3.63) is 76.7 Å². The van der Waals surface area contributed by atoms with Crippen LogP contribution in [0.1, 0.15) is 37.8 Å². The zero-order valence-corrected chi connectivity index (χ0v) is 13.3. The standard InChI is InChI=1S/C20H16N2O2/c1-12-6-8-13(9-7-12)10-11-16-21-17-14-4-2-3-5-15(14)19(23)20(24)18(17)22-16/h2-9H,10-11H2,1H3,(H,21,22). The van der Waals surface area contributed by atoms with Crippen molar-refractivity contribution in [2.24, 2.45) is 0 Å². The molecule has 0 spiro atoms. The molecule has 0 fully saturated rings. The number of aromatic nitrogens is 2. The molecule has 1 N–H and O–H groups in total. The predicted octanol–water partition coefficient (Wildman–Crippen LogP) is 3.55. The minimum atomic E-state index is -0.502. The van der Waals surface area contributed by atoms with Gasteiger partial charge in [0.05, 0.1) is 0 Å². The molecular formula is C20H16N2O2. The molecule has 24 heavy (non-hydrogen) atoms. The van der Waals surface area contributed by atoms with Crippen molar-refractivity contribution < 1.29 is 9.59 Å². The van der Waals surface area contributed by atoms with E-state index < -0.39 is 11.6 Å². The third-order valence-corrected chi connectivity index (χ3v) is 4.38. The van der Waals surface area contributed by atoms with E-state index in [1.54, 1.807) is 12.1 Å². The van der Waals surface area contributed by atoms with Crippen LogP contribution in [0, 0.1) is 6.92 Å². The van der Waals surface area contributed by atoms with Gasteiger partial charge in [-0.05, 0) is 18.9 Å². The number of fused-ring (bicyclic) bond motifs is 3. The first kappa shape index (κ1) is 14.6. The summed E-state index contributed by atoms with van der Waals surface area (Å²) in [6, 6.07) is 15.5. The van der Waals surface area contributed by atoms with E-state index in [4.69, 9.17) is 0 Å². The van der Waals surface area contributed by atoms with Crippen LogP contribution in [0.15, 0.2) is 48.5 Å². The number of benzene rings is 2. The van der Waals surface area contributed by atoms with E-state index >= 15 is 0 Å². The summed E-state index contributed by atoms with van der Waals surface area (Å²) in [7, 11) is 0. The molecular weight excluding hydrogens is 300 g/mol. The van der Waals surface area contributed by atoms with E-state index in [0.717, 1.165) is 17.8 Å². The molecule has 4 heteroatoms. The van der Waals surface area contributed by atoms with E-state index in [1.165, 1.54) is 11.1 Å². The van der Waals surface area contributed by atoms with Gasteiger partial charge in [-0.1, -0.05) is 54.1 Å². The summed E-state index contributed by atoms with van der Waals surface area (Å²) in [5.74, 6) is -0.233. The first-order chi connectivity index (χ1) is 11.6. The van der Waals surface area contributed by atoms with Gasteiger partial charge in [-0.25, -0.2) is 4.98 Å². The van der Waals surface area contributed by atoms with E-state index in [2.05, 4.69) is 41.2 Å². The Morgan fingerprint density at radius 1 is 0.875 bits per heavy atom. The molecule has 4 nitrogen and oxygen atoms in total. The van der Waals surface area contributed by atoms with Crippen LogP contribution in [0.5, 0.6) is 0 Å². The molecule has 2 aromatic carbocycles. The van der Waals surface area contributed by atoms with E-state index in [0.29, 0.717) is 23.4 Å². The Labute approximate surface area is 139 Å². The lowest BCUT2D eigenvalue weighted by atomic mass is 9.90. The van der Waals surface area contributed by atoms with Crippen LogP contribution < -0.4 is 0 Å². The van der Waals surface area contributed by atoms with Crippen molar-refractivity contribution in [3.8, 4) is 11.3 Å². The summed E-state index contributed by atoms with van der Waals surface area (Å²) < 4.78 is 0. The second kappa shape index (κ2) is 5.57. The van der Waals surface area contributed by atoms with Crippen LogP contribution >= 0.6 is 0 Å². The SMILES string of the molecule is Cc1ccc(CCc2nc3c([nH]2)C(=O)C(=O)c2ccccc2-3)cc1. The minimum Gasteiger partial charge on any atom is -0.339 e. The lowest BCUT2D eigenvalue weighted by Gasteiger charge is -2.11. The molecule has 0 radical (unpaired) electrons. The number of ketones is 2. The van der Waals surface area contributed by atoms with Gasteiger partial charge in [-0.3, -0.25) is 9.59 Å². The zero-order valence-electron chi connectivity index (χ0n) is 13.3. The Morgan fingerprint density at radius 3 is 2.33 bits per heavy atom. The summed E-state index contributed by atoms with van der Waals surface area (Å²) in [6.07, 6.45) is 1.52. The lowest BCUT2D eigenvalue weighted by Crippen LogP contribution is -2.21. The first-order valence-corrected chi connectivity index (χ1v) is 7.96. The molecule has 0 amide bonds. The highest BCUT2D eigenvalue weighted by Crippen LogP contribution is 2.31. The third-order valence-electron chi connectivity index (χ3n) is 4.38. The zero-order chi connectivity index (χ0) is 16.7. The summed E-state index contributed by atoms with van der Waals surface area (Å²) in [6.45, 7) is 2.06. The molecule has 0 saturated heterocycles. The van der Waals surface area contributed by atoms with Gasteiger partial charge in [0.2, 0.25) is 5.78 Å². The number of aryl methyl sites for hydroxylation is 3. The van der Waals surface area contributed by atoms with Gasteiger partial charge in [0.15, 0.2) is 0 Å². The quantitative estimate of drug-likeness (QED) is 0.752. The molecule has 1 heterocycles. The Kier molecular flexibility index (Phi) is 3.38. The van der Waals surface area contributed by atoms with Crippen molar-refractivity contribution in [2.75, 3.05) is 0 Å². The van der Waals surface area contributed by atoms with E-state index in [9.17, 15) is 9.59 Å². The molecule has 1 aliphatic rings. The number of nitrogens with one attached hydrogen (secondary N) is 1. The average molecular weight is 316 g/mol. The van der Waals surface area contributed by atoms with Crippen LogP contribution in [0.25, 0.3) is 11.3 Å². The fourth-order valence-corrected chi connectivity index (χ4v) is 3.04. The summed E-state index contributed by atoms with van der Waals surface area (Å²) in [5, 5.41) is 0. The number of nitrogens with zero attached hydrogens (tertiary/aromatic N) is 1. The van der Waals surface area contributed by atoms with Gasteiger partial charge < -0.3 is 4.98 Å². The Bertz CT molecular complexity index is 952. The number of hydrogen-bond acceptors (Lipinski definition) is 3. The molecule has 0 aliphatic heterocycles. The summed E-state index contributed by atoms with van der Waals surface area (Å²) in [4.78, 5) is 32.1. The topological polar surface area (TPSA) is 62.8 Å². The number of H-pyrrole nitrogens is 1. The summed E-state index contributed by atoms with van der Waals surface area (Å²) >= 11 is 0. The number of hydrogen-bond donors (Lipinski definition) is 1. The van der Waals surface area contributed by atoms with Crippen LogP contribution in [-0.4, -0.2) is 21.5 Å². The average Bonchev–Trinajstić information content (AvgIpc) is 3.04. The van der Waals surface area contributed by atoms with Crippen LogP contribution in [0.2, 0.25) is 0 Å². The Morgan fingerprint density at radius 2 is 1.58 bits per heavy atom. The highest BCUT2D eigenvalue weighted by molar-refractivity contribution is 6.52. The molecule has 118 valence electrons. The van der Waals surface area contributed by atoms with Gasteiger partial charge in [0.1, 0.15) is 17.2 Å². The fourth-order valence-electron chi connectivity index (χ4n) is 3.04. The molecule has 0 atom stereocenters. The second-order valence-electron chi connectivity index (χ2n) is 6.10. The molecule has 0 bridgehead atoms. The molecule has 0 unspecified atom stereocenters. The first-order valence-electron chi connectivity index (χ1n) is 7.96. The van der Waals surface area contributed by atoms with E-state index in [1.807, 2.05) is 12.1 Å². The van der Waals surface area contributed by atoms with Gasteiger partial charge in [-0.2, -0.15) is 0 Å². The minimum absolute atomic E-state index is 0.317. The maximum absolute atomic E-state index is 12.3. The Hall–Kier alpha value is -3.01. The number of Topliss-reactive ketones (excluding diaryl/α,β-unsaturated/α-hetero) is 2. The number of carbonyl (C=O) groups is 2. The van der Waals surface area contributed by atoms with Crippen molar-refractivity contribution >= 4 is 11.6 Å². The van der Waals surface area contributed by atoms with Gasteiger partial charge >= 0.3 is 0 Å². The molecule has 1 aromatic heterocycles. The monoisotopic (exact) mass is 316 g/mol. The number of aromatic amines is 1. The van der Waals surface area contributed by atoms with Gasteiger partial charge in [0.25, 0.3) is 5.78 Å². The fraction of sp³-hybridized carbons (Fsp3) is 0.150. The predicted molar refractivity (Wildman–Crippen MR) is 91.3 cm³/mol. The molecule has 0 saturated carbocycles. The van der Waals surface area contributed by atoms with Crippen molar-refractivity contribution in [1.29, 1.82) is 0 Å².